The molecule has 0 unspecified atom stereocenters. The van der Waals surface area contributed by atoms with E-state index in [-0.39, 0.29) is 36.4 Å². The number of nitrogens with one attached hydrogen (secondary N) is 2. The van der Waals surface area contributed by atoms with Gasteiger partial charge in [-0.25, -0.2) is 8.78 Å². The van der Waals surface area contributed by atoms with Gasteiger partial charge in [-0.05, 0) is 48.9 Å². The Balaban J connectivity index is 0.00000207. The Morgan fingerprint density at radius 1 is 1.14 bits per heavy atom. The van der Waals surface area contributed by atoms with Gasteiger partial charge in [0.25, 0.3) is 6.43 Å². The highest BCUT2D eigenvalue weighted by molar-refractivity contribution is 6.09. The number of aliphatic carboxylic acids is 1. The van der Waals surface area contributed by atoms with E-state index in [0.717, 1.165) is 30.5 Å². The summed E-state index contributed by atoms with van der Waals surface area (Å²) in [6.07, 6.45) is 4.21. The first kappa shape index (κ1) is 32.1. The van der Waals surface area contributed by atoms with Crippen molar-refractivity contribution >= 4 is 23.4 Å². The molecule has 1 fully saturated rings. The number of piperidine rings is 1. The van der Waals surface area contributed by atoms with E-state index in [1.165, 1.54) is 13.0 Å². The van der Waals surface area contributed by atoms with Crippen LogP contribution in [0.4, 0.5) is 14.5 Å². The van der Waals surface area contributed by atoms with Crippen molar-refractivity contribution in [1.29, 1.82) is 5.41 Å². The molecule has 5 rings (SSSR count). The molecule has 1 aromatic carbocycles. The molecule has 10 nitrogen and oxygen atoms in total. The molecule has 3 aliphatic rings. The molecular formula is C31H43F2N7O3. The van der Waals surface area contributed by atoms with Crippen molar-refractivity contribution in [2.24, 2.45) is 7.05 Å². The molecule has 0 atom stereocenters. The van der Waals surface area contributed by atoms with Gasteiger partial charge in [-0.15, -0.1) is 0 Å². The zero-order valence-electron chi connectivity index (χ0n) is 25.5. The SMILES string of the molecule is CC.CC(=O)N1CCC(NC2CCN(CC(=O)O)CC2)=C(C(=N)N2CCCc3cc(-c4cnn(C)c4)c(C(F)F)cc32)C1. The molecule has 43 heavy (non-hydrogen) atoms. The lowest BCUT2D eigenvalue weighted by molar-refractivity contribution is -0.138. The van der Waals surface area contributed by atoms with Gasteiger partial charge in [0.15, 0.2) is 0 Å². The lowest BCUT2D eigenvalue weighted by Crippen LogP contribution is -2.48. The lowest BCUT2D eigenvalue weighted by Gasteiger charge is -2.39. The number of anilines is 1. The molecule has 2 aromatic rings. The second-order valence-electron chi connectivity index (χ2n) is 11.1. The van der Waals surface area contributed by atoms with Crippen molar-refractivity contribution in [3.8, 4) is 11.1 Å². The summed E-state index contributed by atoms with van der Waals surface area (Å²) >= 11 is 0. The maximum absolute atomic E-state index is 14.3. The number of halogens is 2. The Labute approximate surface area is 251 Å². The van der Waals surface area contributed by atoms with Crippen molar-refractivity contribution in [3.05, 3.63) is 46.9 Å². The lowest BCUT2D eigenvalue weighted by atomic mass is 9.92. The monoisotopic (exact) mass is 599 g/mol. The molecule has 0 saturated carbocycles. The molecule has 1 saturated heterocycles. The third kappa shape index (κ3) is 7.41. The average Bonchev–Trinajstić information content (AvgIpc) is 3.43. The molecule has 12 heteroatoms. The van der Waals surface area contributed by atoms with Gasteiger partial charge in [0.05, 0.1) is 19.3 Å². The third-order valence-corrected chi connectivity index (χ3v) is 8.29. The van der Waals surface area contributed by atoms with Gasteiger partial charge in [-0.1, -0.05) is 13.8 Å². The maximum atomic E-state index is 14.3. The van der Waals surface area contributed by atoms with Crippen LogP contribution in [-0.2, 0) is 23.1 Å². The highest BCUT2D eigenvalue weighted by atomic mass is 19.3. The van der Waals surface area contributed by atoms with E-state index >= 15 is 0 Å². The fourth-order valence-corrected chi connectivity index (χ4v) is 6.12. The second kappa shape index (κ2) is 14.1. The fraction of sp³-hybridized carbons (Fsp3) is 0.548. The van der Waals surface area contributed by atoms with E-state index in [9.17, 15) is 23.8 Å². The molecule has 1 amide bonds. The molecule has 1 aromatic heterocycles. The molecular weight excluding hydrogens is 556 g/mol. The predicted octanol–water partition coefficient (Wildman–Crippen LogP) is 4.43. The van der Waals surface area contributed by atoms with E-state index in [4.69, 9.17) is 5.11 Å². The van der Waals surface area contributed by atoms with E-state index < -0.39 is 12.4 Å². The molecule has 3 aliphatic heterocycles. The summed E-state index contributed by atoms with van der Waals surface area (Å²) in [7, 11) is 1.75. The fourth-order valence-electron chi connectivity index (χ4n) is 6.12. The smallest absolute Gasteiger partial charge is 0.317 e. The first-order chi connectivity index (χ1) is 20.6. The Hall–Kier alpha value is -3.80. The molecule has 0 radical (unpaired) electrons. The van der Waals surface area contributed by atoms with Gasteiger partial charge in [0.2, 0.25) is 5.91 Å². The van der Waals surface area contributed by atoms with Crippen LogP contribution in [0, 0.1) is 5.41 Å². The average molecular weight is 600 g/mol. The summed E-state index contributed by atoms with van der Waals surface area (Å²) in [6, 6.07) is 3.46. The standard InChI is InChI=1S/C29H37F2N7O3.C2H6/c1-18(39)37-11-7-25(34-21-5-9-36(10-6-21)17-27(40)41)24(16-37)29(32)38-8-3-4-19-12-22(20-14-33-35(2)15-20)23(28(30)31)13-26(19)38;1-2/h12-15,21,28,32,34H,3-11,16-17H2,1-2H3,(H,40,41);1-2H3. The minimum absolute atomic E-state index is 0.0242. The van der Waals surface area contributed by atoms with E-state index in [2.05, 4.69) is 10.4 Å². The van der Waals surface area contributed by atoms with Crippen LogP contribution in [0.15, 0.2) is 35.8 Å². The number of hydrogen-bond acceptors (Lipinski definition) is 6. The topological polar surface area (TPSA) is 118 Å². The number of hydrogen-bond donors (Lipinski definition) is 3. The molecule has 4 heterocycles. The summed E-state index contributed by atoms with van der Waals surface area (Å²) in [6.45, 7) is 8.20. The van der Waals surface area contributed by atoms with Crippen LogP contribution in [0.5, 0.6) is 0 Å². The van der Waals surface area contributed by atoms with Gasteiger partial charge in [-0.3, -0.25) is 24.6 Å². The largest absolute Gasteiger partial charge is 0.480 e. The van der Waals surface area contributed by atoms with Crippen LogP contribution < -0.4 is 10.2 Å². The van der Waals surface area contributed by atoms with Crippen LogP contribution in [0.1, 0.15) is 64.0 Å². The number of fused-ring (bicyclic) bond motifs is 1. The summed E-state index contributed by atoms with van der Waals surface area (Å²) in [5, 5.41) is 26.2. The summed E-state index contributed by atoms with van der Waals surface area (Å²) < 4.78 is 30.3. The number of alkyl halides is 2. The Morgan fingerprint density at radius 3 is 2.47 bits per heavy atom. The van der Waals surface area contributed by atoms with Crippen molar-refractivity contribution in [1.82, 2.24) is 24.9 Å². The predicted molar refractivity (Wildman–Crippen MR) is 162 cm³/mol. The number of rotatable bonds is 7. The van der Waals surface area contributed by atoms with Crippen LogP contribution in [0.3, 0.4) is 0 Å². The zero-order valence-corrected chi connectivity index (χ0v) is 25.5. The first-order valence-electron chi connectivity index (χ1n) is 15.1. The van der Waals surface area contributed by atoms with Crippen molar-refractivity contribution in [2.45, 2.75) is 65.3 Å². The Kier molecular flexibility index (Phi) is 10.5. The normalized spacial score (nSPS) is 17.8. The minimum atomic E-state index is -2.69. The summed E-state index contributed by atoms with van der Waals surface area (Å²) in [5.41, 5.74) is 4.11. The molecule has 3 N–H and O–H groups in total. The van der Waals surface area contributed by atoms with Gasteiger partial charge in [0.1, 0.15) is 5.84 Å². The number of amides is 1. The van der Waals surface area contributed by atoms with Gasteiger partial charge in [-0.2, -0.15) is 5.10 Å². The number of carboxylic acid groups (broad SMARTS) is 1. The number of aryl methyl sites for hydroxylation is 2. The van der Waals surface area contributed by atoms with Gasteiger partial charge in [0, 0.05) is 86.9 Å². The molecule has 0 bridgehead atoms. The van der Waals surface area contributed by atoms with Crippen LogP contribution in [0.25, 0.3) is 11.1 Å². The summed E-state index contributed by atoms with van der Waals surface area (Å²) in [5.74, 6) is -0.690. The number of amidine groups is 1. The zero-order chi connectivity index (χ0) is 31.3. The molecule has 0 aliphatic carbocycles. The van der Waals surface area contributed by atoms with Crippen LogP contribution >= 0.6 is 0 Å². The number of carbonyl (C=O) groups excluding carboxylic acids is 1. The number of carboxylic acids is 1. The molecule has 0 spiro atoms. The van der Waals surface area contributed by atoms with Gasteiger partial charge < -0.3 is 20.2 Å². The highest BCUT2D eigenvalue weighted by Crippen LogP contribution is 2.39. The Bertz CT molecular complexity index is 1370. The number of nitrogens with zero attached hydrogens (tertiary/aromatic N) is 5. The van der Waals surface area contributed by atoms with E-state index in [1.807, 2.05) is 29.7 Å². The quantitative estimate of drug-likeness (QED) is 0.319. The number of aromatic nitrogens is 2. The van der Waals surface area contributed by atoms with Crippen molar-refractivity contribution < 1.29 is 23.5 Å². The molecule has 234 valence electrons. The highest BCUT2D eigenvalue weighted by Gasteiger charge is 2.32. The first-order valence-corrected chi connectivity index (χ1v) is 15.1. The summed E-state index contributed by atoms with van der Waals surface area (Å²) in [4.78, 5) is 28.8. The van der Waals surface area contributed by atoms with Gasteiger partial charge >= 0.3 is 5.97 Å². The maximum Gasteiger partial charge on any atom is 0.317 e. The van der Waals surface area contributed by atoms with Crippen molar-refractivity contribution in [2.75, 3.05) is 44.2 Å². The number of carbonyl (C=O) groups is 2. The number of benzene rings is 1. The van der Waals surface area contributed by atoms with E-state index in [0.29, 0.717) is 61.4 Å². The Morgan fingerprint density at radius 2 is 1.86 bits per heavy atom. The minimum Gasteiger partial charge on any atom is -0.480 e. The van der Waals surface area contributed by atoms with E-state index in [1.54, 1.807) is 29.0 Å². The third-order valence-electron chi connectivity index (χ3n) is 8.29. The van der Waals surface area contributed by atoms with Crippen molar-refractivity contribution in [3.63, 3.8) is 0 Å². The number of likely N-dealkylation sites (tertiary alicyclic amines) is 1. The second-order valence-corrected chi connectivity index (χ2v) is 11.1. The van der Waals surface area contributed by atoms with Crippen LogP contribution in [-0.4, -0.2) is 87.7 Å². The van der Waals surface area contributed by atoms with Crippen LogP contribution in [0.2, 0.25) is 0 Å².